The predicted octanol–water partition coefficient (Wildman–Crippen LogP) is 4.07. The van der Waals surface area contributed by atoms with Crippen molar-refractivity contribution in [2.24, 2.45) is 5.92 Å². The van der Waals surface area contributed by atoms with E-state index in [1.807, 2.05) is 13.8 Å². The zero-order valence-electron chi connectivity index (χ0n) is 21.4. The molecule has 4 rings (SSSR count). The fourth-order valence-corrected chi connectivity index (χ4v) is 5.15. The van der Waals surface area contributed by atoms with E-state index in [4.69, 9.17) is 14.5 Å². The van der Waals surface area contributed by atoms with E-state index in [-0.39, 0.29) is 12.5 Å². The van der Waals surface area contributed by atoms with Gasteiger partial charge in [-0.2, -0.15) is 0 Å². The number of aromatic nitrogens is 1. The van der Waals surface area contributed by atoms with Crippen LogP contribution in [-0.4, -0.2) is 54.4 Å². The lowest BCUT2D eigenvalue weighted by Crippen LogP contribution is -2.42. The quantitative estimate of drug-likeness (QED) is 0.431. The fourth-order valence-electron chi connectivity index (χ4n) is 5.15. The number of nitrogens with one attached hydrogen (secondary N) is 2. The zero-order valence-corrected chi connectivity index (χ0v) is 21.4. The van der Waals surface area contributed by atoms with Crippen molar-refractivity contribution in [2.45, 2.75) is 70.9 Å². The number of pyridine rings is 1. The Bertz CT molecular complexity index is 1070. The number of anilines is 1. The van der Waals surface area contributed by atoms with Gasteiger partial charge >= 0.3 is 5.97 Å². The van der Waals surface area contributed by atoms with Gasteiger partial charge in [-0.1, -0.05) is 6.07 Å². The van der Waals surface area contributed by atoms with E-state index in [1.165, 1.54) is 12.0 Å². The van der Waals surface area contributed by atoms with Crippen molar-refractivity contribution in [3.63, 3.8) is 0 Å². The van der Waals surface area contributed by atoms with Gasteiger partial charge < -0.3 is 25.2 Å². The smallest absolute Gasteiger partial charge is 0.326 e. The Kier molecular flexibility index (Phi) is 8.46. The van der Waals surface area contributed by atoms with Gasteiger partial charge in [0.25, 0.3) is 5.91 Å². The number of carboxylic acid groups (broad SMARTS) is 1. The number of methoxy groups -OCH3 is 1. The summed E-state index contributed by atoms with van der Waals surface area (Å²) in [6, 6.07) is 6.88. The van der Waals surface area contributed by atoms with Crippen LogP contribution in [0, 0.1) is 19.8 Å². The molecule has 0 spiro atoms. The van der Waals surface area contributed by atoms with Crippen LogP contribution in [0.15, 0.2) is 24.3 Å². The minimum atomic E-state index is -1.06. The molecular formula is C28H37N3O5. The molecule has 1 saturated carbocycles. The van der Waals surface area contributed by atoms with Crippen molar-refractivity contribution in [2.75, 3.05) is 25.6 Å². The Hall–Kier alpha value is -3.13. The van der Waals surface area contributed by atoms with E-state index in [9.17, 15) is 14.7 Å². The summed E-state index contributed by atoms with van der Waals surface area (Å²) in [4.78, 5) is 29.3. The summed E-state index contributed by atoms with van der Waals surface area (Å²) >= 11 is 0. The molecule has 1 atom stereocenters. The van der Waals surface area contributed by atoms with Gasteiger partial charge in [0.2, 0.25) is 0 Å². The molecule has 2 heterocycles. The summed E-state index contributed by atoms with van der Waals surface area (Å²) in [5.41, 5.74) is 4.41. The molecule has 1 aliphatic heterocycles. The Morgan fingerprint density at radius 2 is 1.97 bits per heavy atom. The third-order valence-corrected chi connectivity index (χ3v) is 7.29. The first kappa shape index (κ1) is 25.9. The first-order valence-electron chi connectivity index (χ1n) is 12.9. The number of nitrogens with zero attached hydrogens (tertiary/aromatic N) is 1. The van der Waals surface area contributed by atoms with E-state index >= 15 is 0 Å². The second kappa shape index (κ2) is 11.7. The second-order valence-electron chi connectivity index (χ2n) is 10.00. The minimum Gasteiger partial charge on any atom is -0.497 e. The molecule has 1 fully saturated rings. The van der Waals surface area contributed by atoms with Crippen LogP contribution in [0.3, 0.4) is 0 Å². The highest BCUT2D eigenvalue weighted by atomic mass is 16.5. The van der Waals surface area contributed by atoms with Crippen molar-refractivity contribution in [1.29, 1.82) is 0 Å². The van der Waals surface area contributed by atoms with E-state index in [0.717, 1.165) is 61.3 Å². The molecule has 1 aromatic heterocycles. The monoisotopic (exact) mass is 495 g/mol. The van der Waals surface area contributed by atoms with Crippen LogP contribution in [0.1, 0.15) is 64.8 Å². The summed E-state index contributed by atoms with van der Waals surface area (Å²) in [6.07, 6.45) is 6.66. The first-order valence-corrected chi connectivity index (χ1v) is 12.9. The van der Waals surface area contributed by atoms with Crippen molar-refractivity contribution < 1.29 is 24.2 Å². The highest BCUT2D eigenvalue weighted by Gasteiger charge is 2.30. The molecule has 0 unspecified atom stereocenters. The average molecular weight is 496 g/mol. The van der Waals surface area contributed by atoms with Gasteiger partial charge in [-0.25, -0.2) is 9.78 Å². The maximum atomic E-state index is 12.8. The summed E-state index contributed by atoms with van der Waals surface area (Å²) < 4.78 is 11.2. The molecule has 1 aromatic carbocycles. The van der Waals surface area contributed by atoms with Crippen molar-refractivity contribution in [1.82, 2.24) is 10.3 Å². The predicted molar refractivity (Wildman–Crippen MR) is 138 cm³/mol. The summed E-state index contributed by atoms with van der Waals surface area (Å²) in [5.74, 6) is 0.867. The van der Waals surface area contributed by atoms with Crippen LogP contribution in [0.25, 0.3) is 0 Å². The standard InChI is InChI=1S/C28H37N3O5/c1-17-13-22(35-3)14-18(2)25(17)27(32)31-24(28(33)34)10-12-36-23-15-19(16-23)6-8-21-9-7-20-5-4-11-29-26(20)30-21/h7,9,13-14,19,23-24H,4-6,8,10-12,15-16H2,1-3H3,(H,29,30)(H,31,32)(H,33,34)/t19?,23?,24-/m0/s1. The van der Waals surface area contributed by atoms with Gasteiger partial charge in [-0.05, 0) is 93.2 Å². The van der Waals surface area contributed by atoms with Gasteiger partial charge in [0, 0.05) is 30.8 Å². The highest BCUT2D eigenvalue weighted by Crippen LogP contribution is 2.34. The Labute approximate surface area is 212 Å². The lowest BCUT2D eigenvalue weighted by molar-refractivity contribution is -0.140. The number of ether oxygens (including phenoxy) is 2. The number of benzene rings is 1. The third kappa shape index (κ3) is 6.35. The van der Waals surface area contributed by atoms with E-state index in [0.29, 0.717) is 23.8 Å². The van der Waals surface area contributed by atoms with Crippen LogP contribution in [-0.2, 0) is 22.4 Å². The normalized spacial score (nSPS) is 19.4. The van der Waals surface area contributed by atoms with E-state index in [2.05, 4.69) is 22.8 Å². The summed E-state index contributed by atoms with van der Waals surface area (Å²) in [7, 11) is 1.57. The lowest BCUT2D eigenvalue weighted by Gasteiger charge is -2.35. The third-order valence-electron chi connectivity index (χ3n) is 7.29. The Morgan fingerprint density at radius 3 is 2.67 bits per heavy atom. The van der Waals surface area contributed by atoms with Gasteiger partial charge in [-0.15, -0.1) is 0 Å². The number of carbonyl (C=O) groups excluding carboxylic acids is 1. The molecule has 0 bridgehead atoms. The number of amides is 1. The number of carboxylic acids is 1. The number of carbonyl (C=O) groups is 2. The number of aryl methyl sites for hydroxylation is 4. The zero-order chi connectivity index (χ0) is 25.7. The maximum absolute atomic E-state index is 12.8. The fraction of sp³-hybridized carbons (Fsp3) is 0.536. The largest absolute Gasteiger partial charge is 0.497 e. The molecule has 3 N–H and O–H groups in total. The molecule has 1 aliphatic carbocycles. The van der Waals surface area contributed by atoms with E-state index < -0.39 is 17.9 Å². The number of rotatable bonds is 11. The molecule has 8 nitrogen and oxygen atoms in total. The molecular weight excluding hydrogens is 458 g/mol. The summed E-state index contributed by atoms with van der Waals surface area (Å²) in [5, 5.41) is 15.7. The number of fused-ring (bicyclic) bond motifs is 1. The van der Waals surface area contributed by atoms with Gasteiger partial charge in [-0.3, -0.25) is 4.79 Å². The molecule has 0 radical (unpaired) electrons. The molecule has 2 aliphatic rings. The molecule has 1 amide bonds. The molecule has 2 aromatic rings. The topological polar surface area (TPSA) is 110 Å². The number of aliphatic carboxylic acids is 1. The molecule has 0 saturated heterocycles. The van der Waals surface area contributed by atoms with Crippen LogP contribution in [0.5, 0.6) is 5.75 Å². The van der Waals surface area contributed by atoms with Crippen molar-refractivity contribution in [3.05, 3.63) is 52.2 Å². The highest BCUT2D eigenvalue weighted by molar-refractivity contribution is 5.99. The maximum Gasteiger partial charge on any atom is 0.326 e. The average Bonchev–Trinajstić information content (AvgIpc) is 2.83. The van der Waals surface area contributed by atoms with Crippen LogP contribution >= 0.6 is 0 Å². The lowest BCUT2D eigenvalue weighted by atomic mass is 9.79. The second-order valence-corrected chi connectivity index (χ2v) is 10.00. The van der Waals surface area contributed by atoms with Gasteiger partial charge in [0.1, 0.15) is 17.6 Å². The van der Waals surface area contributed by atoms with Crippen LogP contribution in [0.2, 0.25) is 0 Å². The number of hydrogen-bond donors (Lipinski definition) is 3. The van der Waals surface area contributed by atoms with Gasteiger partial charge in [0.15, 0.2) is 0 Å². The molecule has 194 valence electrons. The SMILES string of the molecule is COc1cc(C)c(C(=O)N[C@@H](CCOC2CC(CCc3ccc4c(n3)NCCC4)C2)C(=O)O)c(C)c1. The van der Waals surface area contributed by atoms with Crippen LogP contribution in [0.4, 0.5) is 5.82 Å². The minimum absolute atomic E-state index is 0.157. The van der Waals surface area contributed by atoms with Gasteiger partial charge in [0.05, 0.1) is 13.2 Å². The Balaban J connectivity index is 1.18. The van der Waals surface area contributed by atoms with E-state index in [1.54, 1.807) is 19.2 Å². The molecule has 36 heavy (non-hydrogen) atoms. The van der Waals surface area contributed by atoms with Crippen LogP contribution < -0.4 is 15.4 Å². The number of hydrogen-bond acceptors (Lipinski definition) is 6. The van der Waals surface area contributed by atoms with Crippen molar-refractivity contribution in [3.8, 4) is 5.75 Å². The van der Waals surface area contributed by atoms with Crippen molar-refractivity contribution >= 4 is 17.7 Å². The summed E-state index contributed by atoms with van der Waals surface area (Å²) in [6.45, 7) is 4.93. The first-order chi connectivity index (χ1) is 17.3. The Morgan fingerprint density at radius 1 is 1.22 bits per heavy atom. The molecule has 8 heteroatoms.